The van der Waals surface area contributed by atoms with Crippen LogP contribution in [0, 0.1) is 5.92 Å². The molecule has 0 bridgehead atoms. The fourth-order valence-corrected chi connectivity index (χ4v) is 3.19. The van der Waals surface area contributed by atoms with Crippen molar-refractivity contribution in [1.82, 2.24) is 10.2 Å². The van der Waals surface area contributed by atoms with E-state index >= 15 is 0 Å². The first kappa shape index (κ1) is 11.9. The van der Waals surface area contributed by atoms with Gasteiger partial charge in [-0.3, -0.25) is 0 Å². The molecule has 1 fully saturated rings. The van der Waals surface area contributed by atoms with E-state index in [1.165, 1.54) is 32.1 Å². The Kier molecular flexibility index (Phi) is 4.23. The number of nitrogens with two attached hydrogens (primary N) is 1. The Morgan fingerprint density at radius 2 is 2.06 bits per heavy atom. The zero-order valence-corrected chi connectivity index (χ0v) is 10.5. The number of hydrogen-bond acceptors (Lipinski definition) is 5. The summed E-state index contributed by atoms with van der Waals surface area (Å²) in [5, 5.41) is 9.18. The van der Waals surface area contributed by atoms with Gasteiger partial charge in [0.2, 0.25) is 5.89 Å². The van der Waals surface area contributed by atoms with Crippen LogP contribution in [-0.4, -0.2) is 15.4 Å². The first-order valence-electron chi connectivity index (χ1n) is 6.01. The molecule has 1 heterocycles. The molecule has 2 rings (SSSR count). The van der Waals surface area contributed by atoms with Crippen LogP contribution in [0.25, 0.3) is 0 Å². The van der Waals surface area contributed by atoms with Gasteiger partial charge in [0.1, 0.15) is 0 Å². The SMILES string of the molecule is CCC1CCC(Sc2nnc(CN)o2)CC1. The van der Waals surface area contributed by atoms with Crippen molar-refractivity contribution in [2.45, 2.75) is 56.0 Å². The quantitative estimate of drug-likeness (QED) is 0.877. The smallest absolute Gasteiger partial charge is 0.276 e. The Labute approximate surface area is 100 Å². The van der Waals surface area contributed by atoms with E-state index in [1.807, 2.05) is 0 Å². The average Bonchev–Trinajstić information content (AvgIpc) is 2.78. The van der Waals surface area contributed by atoms with Crippen molar-refractivity contribution >= 4 is 11.8 Å². The summed E-state index contributed by atoms with van der Waals surface area (Å²) in [5.41, 5.74) is 5.43. The Morgan fingerprint density at radius 1 is 1.31 bits per heavy atom. The van der Waals surface area contributed by atoms with Gasteiger partial charge in [-0.05, 0) is 31.6 Å². The van der Waals surface area contributed by atoms with Crippen LogP contribution in [0.15, 0.2) is 9.64 Å². The molecule has 1 aliphatic carbocycles. The highest BCUT2D eigenvalue weighted by Crippen LogP contribution is 2.36. The van der Waals surface area contributed by atoms with Gasteiger partial charge in [-0.2, -0.15) is 0 Å². The van der Waals surface area contributed by atoms with Gasteiger partial charge in [-0.1, -0.05) is 25.1 Å². The summed E-state index contributed by atoms with van der Waals surface area (Å²) >= 11 is 1.72. The van der Waals surface area contributed by atoms with Crippen molar-refractivity contribution in [2.75, 3.05) is 0 Å². The zero-order valence-electron chi connectivity index (χ0n) is 9.69. The van der Waals surface area contributed by atoms with Gasteiger partial charge in [0.25, 0.3) is 5.22 Å². The van der Waals surface area contributed by atoms with Gasteiger partial charge < -0.3 is 10.2 Å². The van der Waals surface area contributed by atoms with Crippen LogP contribution in [-0.2, 0) is 6.54 Å². The van der Waals surface area contributed by atoms with Gasteiger partial charge in [-0.15, -0.1) is 10.2 Å². The lowest BCUT2D eigenvalue weighted by Gasteiger charge is -2.26. The Balaban J connectivity index is 1.82. The Bertz CT molecular complexity index is 321. The number of hydrogen-bond donors (Lipinski definition) is 1. The standard InChI is InChI=1S/C11H19N3OS/c1-2-8-3-5-9(6-4-8)16-11-14-13-10(7-12)15-11/h8-9H,2-7,12H2,1H3. The summed E-state index contributed by atoms with van der Waals surface area (Å²) in [6, 6.07) is 0. The minimum absolute atomic E-state index is 0.329. The van der Waals surface area contributed by atoms with Crippen molar-refractivity contribution < 1.29 is 4.42 Å². The van der Waals surface area contributed by atoms with E-state index in [0.717, 1.165) is 5.92 Å². The number of rotatable bonds is 4. The molecule has 4 nitrogen and oxygen atoms in total. The third-order valence-electron chi connectivity index (χ3n) is 3.26. The molecule has 1 aliphatic rings. The Hall–Kier alpha value is -0.550. The molecule has 5 heteroatoms. The van der Waals surface area contributed by atoms with Crippen molar-refractivity contribution in [1.29, 1.82) is 0 Å². The van der Waals surface area contributed by atoms with Crippen molar-refractivity contribution in [2.24, 2.45) is 11.7 Å². The van der Waals surface area contributed by atoms with Gasteiger partial charge in [0.05, 0.1) is 6.54 Å². The molecule has 90 valence electrons. The highest BCUT2D eigenvalue weighted by Gasteiger charge is 2.22. The van der Waals surface area contributed by atoms with Crippen molar-refractivity contribution in [3.8, 4) is 0 Å². The first-order valence-corrected chi connectivity index (χ1v) is 6.89. The predicted octanol–water partition coefficient (Wildman–Crippen LogP) is 2.59. The summed E-state index contributed by atoms with van der Waals surface area (Å²) in [4.78, 5) is 0. The summed E-state index contributed by atoms with van der Waals surface area (Å²) in [7, 11) is 0. The third kappa shape index (κ3) is 2.98. The summed E-state index contributed by atoms with van der Waals surface area (Å²) in [5.74, 6) is 1.46. The van der Waals surface area contributed by atoms with E-state index in [4.69, 9.17) is 10.2 Å². The number of aromatic nitrogens is 2. The lowest BCUT2D eigenvalue weighted by Crippen LogP contribution is -2.15. The Morgan fingerprint density at radius 3 is 2.62 bits per heavy atom. The van der Waals surface area contributed by atoms with E-state index in [0.29, 0.717) is 22.9 Å². The molecule has 1 aromatic heterocycles. The fraction of sp³-hybridized carbons (Fsp3) is 0.818. The van der Waals surface area contributed by atoms with Gasteiger partial charge >= 0.3 is 0 Å². The molecule has 0 saturated heterocycles. The largest absolute Gasteiger partial charge is 0.415 e. The molecular weight excluding hydrogens is 222 g/mol. The van der Waals surface area contributed by atoms with Crippen LogP contribution in [0.5, 0.6) is 0 Å². The lowest BCUT2D eigenvalue weighted by atomic mass is 9.87. The van der Waals surface area contributed by atoms with Crippen molar-refractivity contribution in [3.63, 3.8) is 0 Å². The van der Waals surface area contributed by atoms with Gasteiger partial charge in [0.15, 0.2) is 0 Å². The average molecular weight is 241 g/mol. The van der Waals surface area contributed by atoms with Crippen LogP contribution in [0.4, 0.5) is 0 Å². The predicted molar refractivity (Wildman–Crippen MR) is 64.1 cm³/mol. The molecule has 0 amide bonds. The van der Waals surface area contributed by atoms with Crippen LogP contribution in [0.2, 0.25) is 0 Å². The number of nitrogens with zero attached hydrogens (tertiary/aromatic N) is 2. The van der Waals surface area contributed by atoms with Crippen LogP contribution >= 0.6 is 11.8 Å². The molecule has 1 saturated carbocycles. The van der Waals surface area contributed by atoms with Crippen LogP contribution in [0.3, 0.4) is 0 Å². The molecule has 2 N–H and O–H groups in total. The second-order valence-electron chi connectivity index (χ2n) is 4.33. The molecule has 16 heavy (non-hydrogen) atoms. The topological polar surface area (TPSA) is 64.9 Å². The molecule has 0 unspecified atom stereocenters. The maximum Gasteiger partial charge on any atom is 0.276 e. The second-order valence-corrected chi connectivity index (χ2v) is 5.59. The third-order valence-corrected chi connectivity index (χ3v) is 4.43. The monoisotopic (exact) mass is 241 g/mol. The van der Waals surface area contributed by atoms with Gasteiger partial charge in [0, 0.05) is 5.25 Å². The van der Waals surface area contributed by atoms with Crippen molar-refractivity contribution in [3.05, 3.63) is 5.89 Å². The number of thioether (sulfide) groups is 1. The maximum atomic E-state index is 5.43. The fourth-order valence-electron chi connectivity index (χ4n) is 2.17. The molecule has 1 aromatic rings. The lowest BCUT2D eigenvalue weighted by molar-refractivity contribution is 0.353. The van der Waals surface area contributed by atoms with E-state index in [2.05, 4.69) is 17.1 Å². The van der Waals surface area contributed by atoms with Crippen LogP contribution < -0.4 is 5.73 Å². The maximum absolute atomic E-state index is 5.43. The normalized spacial score (nSPS) is 25.9. The zero-order chi connectivity index (χ0) is 11.4. The minimum Gasteiger partial charge on any atom is -0.415 e. The molecule has 0 radical (unpaired) electrons. The van der Waals surface area contributed by atoms with E-state index in [9.17, 15) is 0 Å². The summed E-state index contributed by atoms with van der Waals surface area (Å²) in [6.45, 7) is 2.61. The molecule has 0 aliphatic heterocycles. The van der Waals surface area contributed by atoms with Crippen LogP contribution in [0.1, 0.15) is 44.9 Å². The first-order chi connectivity index (χ1) is 7.81. The second kappa shape index (κ2) is 5.68. The minimum atomic E-state index is 0.329. The molecule has 0 atom stereocenters. The molecule has 0 aromatic carbocycles. The van der Waals surface area contributed by atoms with E-state index in [-0.39, 0.29) is 0 Å². The molecular formula is C11H19N3OS. The van der Waals surface area contributed by atoms with E-state index < -0.39 is 0 Å². The summed E-state index contributed by atoms with van der Waals surface area (Å²) < 4.78 is 5.40. The molecule has 0 spiro atoms. The highest BCUT2D eigenvalue weighted by atomic mass is 32.2. The van der Waals surface area contributed by atoms with E-state index in [1.54, 1.807) is 11.8 Å². The summed E-state index contributed by atoms with van der Waals surface area (Å²) in [6.07, 6.45) is 6.53. The van der Waals surface area contributed by atoms with Gasteiger partial charge in [-0.25, -0.2) is 0 Å². The highest BCUT2D eigenvalue weighted by molar-refractivity contribution is 7.99.